The molecular formula is C20H23NO3S2. The van der Waals surface area contributed by atoms with Crippen LogP contribution in [0.4, 0.5) is 0 Å². The van der Waals surface area contributed by atoms with Gasteiger partial charge < -0.3 is 4.74 Å². The van der Waals surface area contributed by atoms with Gasteiger partial charge in [-0.25, -0.2) is 8.42 Å². The summed E-state index contributed by atoms with van der Waals surface area (Å²) in [7, 11) is -3.54. The van der Waals surface area contributed by atoms with Crippen LogP contribution in [0.25, 0.3) is 0 Å². The molecule has 1 aliphatic rings. The van der Waals surface area contributed by atoms with Gasteiger partial charge in [-0.05, 0) is 55.6 Å². The van der Waals surface area contributed by atoms with Crippen molar-refractivity contribution >= 4 is 27.3 Å². The quantitative estimate of drug-likeness (QED) is 0.534. The van der Waals surface area contributed by atoms with Crippen LogP contribution in [0.2, 0.25) is 0 Å². The molecule has 138 valence electrons. The molecule has 0 bridgehead atoms. The van der Waals surface area contributed by atoms with Crippen LogP contribution in [0, 0.1) is 0 Å². The Hall–Kier alpha value is -1.76. The Kier molecular flexibility index (Phi) is 6.40. The zero-order chi connectivity index (χ0) is 18.4. The second-order valence-electron chi connectivity index (χ2n) is 6.34. The van der Waals surface area contributed by atoms with E-state index in [1.165, 1.54) is 9.87 Å². The Morgan fingerprint density at radius 3 is 2.42 bits per heavy atom. The first kappa shape index (κ1) is 19.0. The highest BCUT2D eigenvalue weighted by molar-refractivity contribution is 7.89. The molecule has 2 aromatic rings. The lowest BCUT2D eigenvalue weighted by molar-refractivity contribution is 0.277. The van der Waals surface area contributed by atoms with Crippen molar-refractivity contribution in [3.63, 3.8) is 0 Å². The third-order valence-corrected chi connectivity index (χ3v) is 6.83. The van der Waals surface area contributed by atoms with E-state index in [1.807, 2.05) is 18.2 Å². The molecule has 3 rings (SSSR count). The first-order chi connectivity index (χ1) is 12.6. The maximum absolute atomic E-state index is 12.9. The maximum Gasteiger partial charge on any atom is 0.243 e. The van der Waals surface area contributed by atoms with Crippen molar-refractivity contribution in [1.29, 1.82) is 0 Å². The van der Waals surface area contributed by atoms with Crippen LogP contribution >= 0.6 is 12.2 Å². The molecule has 0 N–H and O–H groups in total. The number of hydrogen-bond acceptors (Lipinski definition) is 4. The van der Waals surface area contributed by atoms with E-state index in [0.29, 0.717) is 29.5 Å². The van der Waals surface area contributed by atoms with E-state index < -0.39 is 10.0 Å². The van der Waals surface area contributed by atoms with Crippen molar-refractivity contribution < 1.29 is 13.2 Å². The van der Waals surface area contributed by atoms with Crippen LogP contribution in [-0.2, 0) is 21.2 Å². The number of thiocarbonyl (C=S) groups is 1. The first-order valence-electron chi connectivity index (χ1n) is 8.86. The monoisotopic (exact) mass is 389 g/mol. The summed E-state index contributed by atoms with van der Waals surface area (Å²) in [6.07, 6.45) is 3.27. The molecule has 0 spiro atoms. The van der Waals surface area contributed by atoms with Crippen molar-refractivity contribution in [3.8, 4) is 0 Å². The minimum Gasteiger partial charge on any atom is -0.485 e. The molecule has 1 fully saturated rings. The van der Waals surface area contributed by atoms with Crippen LogP contribution < -0.4 is 0 Å². The lowest BCUT2D eigenvalue weighted by atomic mass is 10.1. The van der Waals surface area contributed by atoms with E-state index in [4.69, 9.17) is 17.0 Å². The largest absolute Gasteiger partial charge is 0.485 e. The lowest BCUT2D eigenvalue weighted by Crippen LogP contribution is -2.40. The second kappa shape index (κ2) is 8.75. The average Bonchev–Trinajstić information content (AvgIpc) is 3.17. The topological polar surface area (TPSA) is 46.6 Å². The fraction of sp³-hybridized carbons (Fsp3) is 0.350. The minimum absolute atomic E-state index is 0.304. The number of aryl methyl sites for hydroxylation is 1. The number of rotatable bonds is 7. The lowest BCUT2D eigenvalue weighted by Gasteiger charge is -2.24. The van der Waals surface area contributed by atoms with Crippen molar-refractivity contribution in [3.05, 3.63) is 66.2 Å². The van der Waals surface area contributed by atoms with Gasteiger partial charge in [0.15, 0.2) is 5.05 Å². The van der Waals surface area contributed by atoms with Gasteiger partial charge in [0.1, 0.15) is 0 Å². The average molecular weight is 390 g/mol. The zero-order valence-corrected chi connectivity index (χ0v) is 16.2. The van der Waals surface area contributed by atoms with Gasteiger partial charge in [-0.1, -0.05) is 48.5 Å². The molecule has 1 heterocycles. The minimum atomic E-state index is -3.54. The van der Waals surface area contributed by atoms with Gasteiger partial charge in [0.25, 0.3) is 0 Å². The van der Waals surface area contributed by atoms with Gasteiger partial charge in [0, 0.05) is 6.54 Å². The Morgan fingerprint density at radius 1 is 1.08 bits per heavy atom. The highest BCUT2D eigenvalue weighted by Gasteiger charge is 2.38. The zero-order valence-electron chi connectivity index (χ0n) is 14.6. The normalized spacial score (nSPS) is 17.9. The van der Waals surface area contributed by atoms with E-state index in [2.05, 4.69) is 12.1 Å². The fourth-order valence-corrected chi connectivity index (χ4v) is 5.25. The summed E-state index contributed by atoms with van der Waals surface area (Å²) in [5.41, 5.74) is 1.26. The van der Waals surface area contributed by atoms with E-state index in [-0.39, 0.29) is 6.04 Å². The SMILES string of the molecule is O=S(=O)(c1ccccc1)N1CCC[C@H]1C(=S)OCCCc1ccccc1. The summed E-state index contributed by atoms with van der Waals surface area (Å²) < 4.78 is 33.0. The smallest absolute Gasteiger partial charge is 0.243 e. The summed E-state index contributed by atoms with van der Waals surface area (Å²) in [5.74, 6) is 0. The third-order valence-electron chi connectivity index (χ3n) is 4.52. The van der Waals surface area contributed by atoms with Gasteiger partial charge in [-0.15, -0.1) is 0 Å². The van der Waals surface area contributed by atoms with Gasteiger partial charge in [0.2, 0.25) is 10.0 Å². The number of benzene rings is 2. The van der Waals surface area contributed by atoms with Crippen molar-refractivity contribution in [2.45, 2.75) is 36.6 Å². The van der Waals surface area contributed by atoms with Gasteiger partial charge in [-0.3, -0.25) is 0 Å². The van der Waals surface area contributed by atoms with E-state index >= 15 is 0 Å². The Balaban J connectivity index is 1.56. The van der Waals surface area contributed by atoms with Gasteiger partial charge in [0.05, 0.1) is 17.5 Å². The molecule has 0 radical (unpaired) electrons. The molecule has 1 aliphatic heterocycles. The molecule has 0 aliphatic carbocycles. The highest BCUT2D eigenvalue weighted by atomic mass is 32.2. The summed E-state index contributed by atoms with van der Waals surface area (Å²) in [6, 6.07) is 18.4. The van der Waals surface area contributed by atoms with Crippen molar-refractivity contribution in [2.24, 2.45) is 0 Å². The number of ether oxygens (including phenoxy) is 1. The van der Waals surface area contributed by atoms with Crippen molar-refractivity contribution in [1.82, 2.24) is 4.31 Å². The van der Waals surface area contributed by atoms with E-state index in [0.717, 1.165) is 19.3 Å². The Morgan fingerprint density at radius 2 is 1.73 bits per heavy atom. The van der Waals surface area contributed by atoms with Crippen LogP contribution in [0.1, 0.15) is 24.8 Å². The molecular weight excluding hydrogens is 366 g/mol. The maximum atomic E-state index is 12.9. The summed E-state index contributed by atoms with van der Waals surface area (Å²) in [6.45, 7) is 0.985. The van der Waals surface area contributed by atoms with Crippen LogP contribution in [0.3, 0.4) is 0 Å². The van der Waals surface area contributed by atoms with Gasteiger partial charge in [-0.2, -0.15) is 4.31 Å². The number of sulfonamides is 1. The predicted octanol–water partition coefficient (Wildman–Crippen LogP) is 3.82. The third kappa shape index (κ3) is 4.50. The first-order valence-corrected chi connectivity index (χ1v) is 10.7. The molecule has 2 aromatic carbocycles. The second-order valence-corrected chi connectivity index (χ2v) is 8.64. The van der Waals surface area contributed by atoms with Crippen LogP contribution in [0.15, 0.2) is 65.6 Å². The standard InChI is InChI=1S/C20H23NO3S2/c22-26(23,18-12-5-2-6-13-18)21-15-7-14-19(21)20(25)24-16-8-11-17-9-3-1-4-10-17/h1-6,9-10,12-13,19H,7-8,11,14-16H2/t19-/m0/s1. The molecule has 0 amide bonds. The Bertz CT molecular complexity index is 823. The summed E-state index contributed by atoms with van der Waals surface area (Å²) in [4.78, 5) is 0.304. The molecule has 6 heteroatoms. The summed E-state index contributed by atoms with van der Waals surface area (Å²) in [5, 5.41) is 0.384. The number of nitrogens with zero attached hydrogens (tertiary/aromatic N) is 1. The van der Waals surface area contributed by atoms with Gasteiger partial charge >= 0.3 is 0 Å². The predicted molar refractivity (Wildman–Crippen MR) is 107 cm³/mol. The van der Waals surface area contributed by atoms with Crippen LogP contribution in [0.5, 0.6) is 0 Å². The van der Waals surface area contributed by atoms with E-state index in [1.54, 1.807) is 30.3 Å². The molecule has 1 saturated heterocycles. The van der Waals surface area contributed by atoms with E-state index in [9.17, 15) is 8.42 Å². The molecule has 0 aromatic heterocycles. The molecule has 1 atom stereocenters. The Labute approximate surface area is 160 Å². The highest BCUT2D eigenvalue weighted by Crippen LogP contribution is 2.27. The number of hydrogen-bond donors (Lipinski definition) is 0. The molecule has 26 heavy (non-hydrogen) atoms. The molecule has 4 nitrogen and oxygen atoms in total. The van der Waals surface area contributed by atoms with Crippen LogP contribution in [-0.4, -0.2) is 37.0 Å². The molecule has 0 unspecified atom stereocenters. The summed E-state index contributed by atoms with van der Waals surface area (Å²) >= 11 is 5.41. The van der Waals surface area contributed by atoms with Crippen molar-refractivity contribution in [2.75, 3.05) is 13.2 Å². The fourth-order valence-electron chi connectivity index (χ4n) is 3.18. The molecule has 0 saturated carbocycles.